The standard InChI is InChI=1S/C30H25Cl2N5O/c1-20(38)30(21-7-3-2-4-8-21)15-17-36(18-16-30)28-26-29(34-19-33-28)37(23-13-11-22(31)12-14-23)27(35-26)24-9-5-6-10-25(24)32/h2-14,19H,15-18H2,1H3. The van der Waals surface area contributed by atoms with Crippen LogP contribution in [0.1, 0.15) is 25.3 Å². The number of carbonyl (C=O) groups excluding carboxylic acids is 1. The molecule has 3 aromatic carbocycles. The normalized spacial score (nSPS) is 15.1. The minimum atomic E-state index is -0.491. The van der Waals surface area contributed by atoms with Crippen molar-refractivity contribution in [3.8, 4) is 17.1 Å². The summed E-state index contributed by atoms with van der Waals surface area (Å²) in [6.45, 7) is 3.06. The Balaban J connectivity index is 1.45. The fourth-order valence-electron chi connectivity index (χ4n) is 5.47. The summed E-state index contributed by atoms with van der Waals surface area (Å²) in [5.41, 5.74) is 3.62. The van der Waals surface area contributed by atoms with Crippen molar-refractivity contribution in [3.05, 3.63) is 101 Å². The van der Waals surface area contributed by atoms with Crippen molar-refractivity contribution in [3.63, 3.8) is 0 Å². The molecular weight excluding hydrogens is 517 g/mol. The minimum Gasteiger partial charge on any atom is -0.355 e. The monoisotopic (exact) mass is 541 g/mol. The number of anilines is 1. The third kappa shape index (κ3) is 4.14. The number of halogens is 2. The molecule has 0 atom stereocenters. The van der Waals surface area contributed by atoms with Gasteiger partial charge in [0.1, 0.15) is 17.9 Å². The van der Waals surface area contributed by atoms with Gasteiger partial charge in [-0.15, -0.1) is 0 Å². The van der Waals surface area contributed by atoms with Crippen LogP contribution in [0.2, 0.25) is 10.0 Å². The van der Waals surface area contributed by atoms with E-state index in [1.54, 1.807) is 13.3 Å². The molecule has 38 heavy (non-hydrogen) atoms. The lowest BCUT2D eigenvalue weighted by Crippen LogP contribution is -2.47. The highest BCUT2D eigenvalue weighted by Gasteiger charge is 2.41. The van der Waals surface area contributed by atoms with Crippen molar-refractivity contribution < 1.29 is 4.79 Å². The molecule has 0 aliphatic carbocycles. The minimum absolute atomic E-state index is 0.198. The second-order valence-electron chi connectivity index (χ2n) is 9.59. The molecule has 190 valence electrons. The molecule has 0 radical (unpaired) electrons. The van der Waals surface area contributed by atoms with Gasteiger partial charge < -0.3 is 4.90 Å². The maximum atomic E-state index is 12.9. The van der Waals surface area contributed by atoms with E-state index in [4.69, 9.17) is 28.2 Å². The molecule has 8 heteroatoms. The molecule has 2 aromatic heterocycles. The Kier molecular flexibility index (Phi) is 6.38. The van der Waals surface area contributed by atoms with Gasteiger partial charge in [-0.05, 0) is 61.7 Å². The first-order chi connectivity index (χ1) is 18.5. The number of nitrogens with zero attached hydrogens (tertiary/aromatic N) is 5. The van der Waals surface area contributed by atoms with Crippen molar-refractivity contribution in [2.45, 2.75) is 25.2 Å². The van der Waals surface area contributed by atoms with Crippen molar-refractivity contribution in [2.75, 3.05) is 18.0 Å². The average molecular weight is 542 g/mol. The summed E-state index contributed by atoms with van der Waals surface area (Å²) in [6.07, 6.45) is 2.98. The summed E-state index contributed by atoms with van der Waals surface area (Å²) >= 11 is 12.8. The Morgan fingerprint density at radius 1 is 0.868 bits per heavy atom. The summed E-state index contributed by atoms with van der Waals surface area (Å²) in [5.74, 6) is 1.62. The van der Waals surface area contributed by atoms with E-state index in [1.807, 2.05) is 71.3 Å². The van der Waals surface area contributed by atoms with Gasteiger partial charge in [-0.1, -0.05) is 65.7 Å². The summed E-state index contributed by atoms with van der Waals surface area (Å²) < 4.78 is 1.99. The SMILES string of the molecule is CC(=O)C1(c2ccccc2)CCN(c2ncnc3c2nc(-c2ccccc2Cl)n3-c2ccc(Cl)cc2)CC1. The van der Waals surface area contributed by atoms with Crippen LogP contribution in [0.25, 0.3) is 28.2 Å². The van der Waals surface area contributed by atoms with E-state index in [2.05, 4.69) is 27.0 Å². The molecule has 1 aliphatic rings. The Labute approximate surface area is 230 Å². The van der Waals surface area contributed by atoms with Crippen LogP contribution >= 0.6 is 23.2 Å². The Morgan fingerprint density at radius 2 is 1.55 bits per heavy atom. The number of carbonyl (C=O) groups is 1. The van der Waals surface area contributed by atoms with E-state index in [-0.39, 0.29) is 5.78 Å². The van der Waals surface area contributed by atoms with E-state index in [9.17, 15) is 4.79 Å². The molecule has 1 aliphatic heterocycles. The molecule has 0 unspecified atom stereocenters. The smallest absolute Gasteiger partial charge is 0.170 e. The van der Waals surface area contributed by atoms with E-state index in [0.29, 0.717) is 53.0 Å². The van der Waals surface area contributed by atoms with Crippen molar-refractivity contribution in [2.24, 2.45) is 0 Å². The first-order valence-electron chi connectivity index (χ1n) is 12.5. The largest absolute Gasteiger partial charge is 0.355 e. The molecule has 6 nitrogen and oxygen atoms in total. The molecule has 0 saturated carbocycles. The summed E-state index contributed by atoms with van der Waals surface area (Å²) in [6, 6.07) is 25.3. The third-order valence-corrected chi connectivity index (χ3v) is 8.12. The maximum Gasteiger partial charge on any atom is 0.170 e. The number of hydrogen-bond acceptors (Lipinski definition) is 5. The highest BCUT2D eigenvalue weighted by atomic mass is 35.5. The van der Waals surface area contributed by atoms with Crippen LogP contribution in [-0.2, 0) is 10.2 Å². The maximum absolute atomic E-state index is 12.9. The molecule has 0 N–H and O–H groups in total. The van der Waals surface area contributed by atoms with Crippen LogP contribution in [0, 0.1) is 0 Å². The predicted octanol–water partition coefficient (Wildman–Crippen LogP) is 6.92. The van der Waals surface area contributed by atoms with Gasteiger partial charge in [0.25, 0.3) is 0 Å². The molecular formula is C30H25Cl2N5O. The first-order valence-corrected chi connectivity index (χ1v) is 13.3. The fourth-order valence-corrected chi connectivity index (χ4v) is 5.82. The van der Waals surface area contributed by atoms with Crippen molar-refractivity contribution >= 4 is 46.0 Å². The number of aromatic nitrogens is 4. The number of rotatable bonds is 5. The lowest BCUT2D eigenvalue weighted by atomic mass is 9.70. The van der Waals surface area contributed by atoms with Gasteiger partial charge >= 0.3 is 0 Å². The van der Waals surface area contributed by atoms with Gasteiger partial charge in [-0.25, -0.2) is 15.0 Å². The van der Waals surface area contributed by atoms with E-state index in [1.165, 1.54) is 0 Å². The zero-order chi connectivity index (χ0) is 26.3. The number of ketones is 1. The molecule has 3 heterocycles. The number of piperidine rings is 1. The Bertz CT molecular complexity index is 1620. The lowest BCUT2D eigenvalue weighted by molar-refractivity contribution is -0.123. The molecule has 0 spiro atoms. The summed E-state index contributed by atoms with van der Waals surface area (Å²) in [4.78, 5) is 29.5. The lowest BCUT2D eigenvalue weighted by Gasteiger charge is -2.41. The van der Waals surface area contributed by atoms with E-state index >= 15 is 0 Å². The second kappa shape index (κ2) is 9.86. The van der Waals surface area contributed by atoms with Gasteiger partial charge in [0, 0.05) is 29.4 Å². The first kappa shape index (κ1) is 24.6. The molecule has 1 fully saturated rings. The van der Waals surface area contributed by atoms with Crippen molar-refractivity contribution in [1.82, 2.24) is 19.5 Å². The number of imidazole rings is 1. The fraction of sp³-hybridized carbons (Fsp3) is 0.200. The van der Waals surface area contributed by atoms with Crippen LogP contribution in [0.15, 0.2) is 85.2 Å². The van der Waals surface area contributed by atoms with Gasteiger partial charge in [-0.3, -0.25) is 9.36 Å². The Hall–Kier alpha value is -3.74. The predicted molar refractivity (Wildman–Crippen MR) is 152 cm³/mol. The molecule has 6 rings (SSSR count). The van der Waals surface area contributed by atoms with Gasteiger partial charge in [0.05, 0.1) is 10.4 Å². The van der Waals surface area contributed by atoms with Gasteiger partial charge in [0.15, 0.2) is 17.0 Å². The molecule has 5 aromatic rings. The topological polar surface area (TPSA) is 63.9 Å². The van der Waals surface area contributed by atoms with Crippen LogP contribution in [0.5, 0.6) is 0 Å². The molecule has 0 bridgehead atoms. The Morgan fingerprint density at radius 3 is 2.24 bits per heavy atom. The number of benzene rings is 3. The number of fused-ring (bicyclic) bond motifs is 1. The van der Waals surface area contributed by atoms with Crippen LogP contribution in [0.4, 0.5) is 5.82 Å². The van der Waals surface area contributed by atoms with Crippen LogP contribution < -0.4 is 4.90 Å². The number of hydrogen-bond donors (Lipinski definition) is 0. The number of Topliss-reactive ketones (excluding diaryl/α,β-unsaturated/α-hetero) is 1. The highest BCUT2D eigenvalue weighted by Crippen LogP contribution is 2.40. The quantitative estimate of drug-likeness (QED) is 0.241. The average Bonchev–Trinajstić information content (AvgIpc) is 3.34. The van der Waals surface area contributed by atoms with Gasteiger partial charge in [0.2, 0.25) is 0 Å². The zero-order valence-electron chi connectivity index (χ0n) is 20.8. The van der Waals surface area contributed by atoms with E-state index < -0.39 is 5.41 Å². The zero-order valence-corrected chi connectivity index (χ0v) is 22.3. The van der Waals surface area contributed by atoms with Crippen LogP contribution in [-0.4, -0.2) is 38.4 Å². The summed E-state index contributed by atoms with van der Waals surface area (Å²) in [5, 5.41) is 1.24. The van der Waals surface area contributed by atoms with Crippen LogP contribution in [0.3, 0.4) is 0 Å². The highest BCUT2D eigenvalue weighted by molar-refractivity contribution is 6.33. The van der Waals surface area contributed by atoms with Gasteiger partial charge in [-0.2, -0.15) is 0 Å². The van der Waals surface area contributed by atoms with E-state index in [0.717, 1.165) is 22.6 Å². The molecule has 1 saturated heterocycles. The van der Waals surface area contributed by atoms with Crippen molar-refractivity contribution in [1.29, 1.82) is 0 Å². The second-order valence-corrected chi connectivity index (χ2v) is 10.4. The third-order valence-electron chi connectivity index (χ3n) is 7.54. The molecule has 0 amide bonds. The summed E-state index contributed by atoms with van der Waals surface area (Å²) in [7, 11) is 0.